The van der Waals surface area contributed by atoms with Gasteiger partial charge in [-0.1, -0.05) is 25.4 Å². The zero-order valence-corrected chi connectivity index (χ0v) is 11.3. The van der Waals surface area contributed by atoms with Crippen molar-refractivity contribution in [2.24, 2.45) is 0 Å². The van der Waals surface area contributed by atoms with E-state index in [1.165, 1.54) is 7.11 Å². The number of rotatable bonds is 4. The van der Waals surface area contributed by atoms with Crippen molar-refractivity contribution in [3.63, 3.8) is 0 Å². The molecule has 1 aromatic rings. The Morgan fingerprint density at radius 2 is 2.06 bits per heavy atom. The van der Waals surface area contributed by atoms with Crippen LogP contribution in [0.3, 0.4) is 0 Å². The number of hydrogen-bond donors (Lipinski definition) is 0. The number of halogens is 1. The lowest BCUT2D eigenvalue weighted by molar-refractivity contribution is 0.0596. The number of benzene rings is 1. The highest BCUT2D eigenvalue weighted by Gasteiger charge is 2.19. The van der Waals surface area contributed by atoms with E-state index in [4.69, 9.17) is 21.1 Å². The van der Waals surface area contributed by atoms with Crippen LogP contribution in [0, 0.1) is 0 Å². The van der Waals surface area contributed by atoms with Gasteiger partial charge in [-0.2, -0.15) is 0 Å². The molecule has 0 aliphatic carbocycles. The molecule has 4 heteroatoms. The Hall–Kier alpha value is -1.22. The zero-order valence-electron chi connectivity index (χ0n) is 10.5. The van der Waals surface area contributed by atoms with Crippen LogP contribution in [0.5, 0.6) is 5.75 Å². The maximum absolute atomic E-state index is 11.7. The average molecular weight is 257 g/mol. The van der Waals surface area contributed by atoms with Gasteiger partial charge in [0.05, 0.1) is 13.7 Å². The number of carbonyl (C=O) groups is 1. The first-order valence-electron chi connectivity index (χ1n) is 5.55. The van der Waals surface area contributed by atoms with E-state index in [2.05, 4.69) is 0 Å². The van der Waals surface area contributed by atoms with Gasteiger partial charge < -0.3 is 9.47 Å². The van der Waals surface area contributed by atoms with Crippen molar-refractivity contribution < 1.29 is 14.3 Å². The van der Waals surface area contributed by atoms with Crippen molar-refractivity contribution >= 4 is 17.6 Å². The topological polar surface area (TPSA) is 35.5 Å². The predicted molar refractivity (Wildman–Crippen MR) is 68.0 cm³/mol. The minimum absolute atomic E-state index is 0.221. The van der Waals surface area contributed by atoms with Gasteiger partial charge >= 0.3 is 5.97 Å². The van der Waals surface area contributed by atoms with Gasteiger partial charge in [0.2, 0.25) is 0 Å². The molecule has 0 aliphatic rings. The van der Waals surface area contributed by atoms with Crippen molar-refractivity contribution in [1.29, 1.82) is 0 Å². The highest BCUT2D eigenvalue weighted by atomic mass is 35.5. The molecule has 0 fully saturated rings. The summed E-state index contributed by atoms with van der Waals surface area (Å²) < 4.78 is 10.3. The van der Waals surface area contributed by atoms with Gasteiger partial charge in [0.25, 0.3) is 0 Å². The van der Waals surface area contributed by atoms with Crippen molar-refractivity contribution in [1.82, 2.24) is 0 Å². The van der Waals surface area contributed by atoms with E-state index >= 15 is 0 Å². The fourth-order valence-corrected chi connectivity index (χ4v) is 1.84. The van der Waals surface area contributed by atoms with Gasteiger partial charge in [-0.3, -0.25) is 0 Å². The standard InChI is InChI=1S/C13H17ClO3/c1-5-17-12-10(8(2)3)6-9(14)7-11(12)13(15)16-4/h6-8H,5H2,1-4H3. The molecular formula is C13H17ClO3. The molecule has 0 N–H and O–H groups in total. The van der Waals surface area contributed by atoms with Crippen molar-refractivity contribution in [2.75, 3.05) is 13.7 Å². The average Bonchev–Trinajstić information content (AvgIpc) is 2.29. The Labute approximate surface area is 107 Å². The summed E-state index contributed by atoms with van der Waals surface area (Å²) in [6.07, 6.45) is 0. The van der Waals surface area contributed by atoms with Gasteiger partial charge in [-0.05, 0) is 30.5 Å². The molecule has 0 amide bonds. The number of methoxy groups -OCH3 is 1. The van der Waals surface area contributed by atoms with Gasteiger partial charge in [0, 0.05) is 5.02 Å². The van der Waals surface area contributed by atoms with E-state index < -0.39 is 5.97 Å². The molecule has 1 rings (SSSR count). The lowest BCUT2D eigenvalue weighted by Crippen LogP contribution is -2.08. The maximum atomic E-state index is 11.7. The van der Waals surface area contributed by atoms with Crippen LogP contribution in [0.1, 0.15) is 42.6 Å². The molecule has 0 aliphatic heterocycles. The molecule has 3 nitrogen and oxygen atoms in total. The number of ether oxygens (including phenoxy) is 2. The van der Waals surface area contributed by atoms with E-state index in [1.807, 2.05) is 26.8 Å². The third-order valence-electron chi connectivity index (χ3n) is 2.40. The Morgan fingerprint density at radius 1 is 1.41 bits per heavy atom. The first kappa shape index (κ1) is 13.8. The monoisotopic (exact) mass is 256 g/mol. The molecule has 0 aromatic heterocycles. The molecular weight excluding hydrogens is 240 g/mol. The Morgan fingerprint density at radius 3 is 2.53 bits per heavy atom. The quantitative estimate of drug-likeness (QED) is 0.772. The molecule has 0 bridgehead atoms. The van der Waals surface area contributed by atoms with E-state index in [9.17, 15) is 4.79 Å². The van der Waals surface area contributed by atoms with Crippen LogP contribution in [0.25, 0.3) is 0 Å². The number of hydrogen-bond acceptors (Lipinski definition) is 3. The van der Waals surface area contributed by atoms with Crippen LogP contribution in [0.4, 0.5) is 0 Å². The first-order valence-corrected chi connectivity index (χ1v) is 5.93. The second kappa shape index (κ2) is 5.92. The van der Waals surface area contributed by atoms with Crippen LogP contribution >= 0.6 is 11.6 Å². The van der Waals surface area contributed by atoms with Crippen LogP contribution in [0.15, 0.2) is 12.1 Å². The summed E-state index contributed by atoms with van der Waals surface area (Å²) >= 11 is 6.00. The SMILES string of the molecule is CCOc1c(C(=O)OC)cc(Cl)cc1C(C)C. The summed E-state index contributed by atoms with van der Waals surface area (Å²) in [6, 6.07) is 3.40. The molecule has 1 aromatic carbocycles. The number of esters is 1. The Balaban J connectivity index is 3.40. The van der Waals surface area contributed by atoms with Gasteiger partial charge in [0.1, 0.15) is 11.3 Å². The molecule has 0 saturated carbocycles. The van der Waals surface area contributed by atoms with Crippen LogP contribution in [-0.4, -0.2) is 19.7 Å². The van der Waals surface area contributed by atoms with Crippen LogP contribution < -0.4 is 4.74 Å². The van der Waals surface area contributed by atoms with Crippen LogP contribution in [0.2, 0.25) is 5.02 Å². The predicted octanol–water partition coefficient (Wildman–Crippen LogP) is 3.65. The lowest BCUT2D eigenvalue weighted by Gasteiger charge is -2.16. The van der Waals surface area contributed by atoms with Crippen LogP contribution in [-0.2, 0) is 4.74 Å². The van der Waals surface area contributed by atoms with Gasteiger partial charge in [0.15, 0.2) is 0 Å². The van der Waals surface area contributed by atoms with Crippen molar-refractivity contribution in [2.45, 2.75) is 26.7 Å². The molecule has 0 unspecified atom stereocenters. The molecule has 94 valence electrons. The fourth-order valence-electron chi connectivity index (χ4n) is 1.61. The lowest BCUT2D eigenvalue weighted by atomic mass is 9.99. The normalized spacial score (nSPS) is 10.5. The highest BCUT2D eigenvalue weighted by molar-refractivity contribution is 6.31. The molecule has 0 atom stereocenters. The van der Waals surface area contributed by atoms with E-state index in [0.29, 0.717) is 22.9 Å². The summed E-state index contributed by atoms with van der Waals surface area (Å²) in [6.45, 7) is 6.41. The summed E-state index contributed by atoms with van der Waals surface area (Å²) in [7, 11) is 1.34. The molecule has 17 heavy (non-hydrogen) atoms. The highest BCUT2D eigenvalue weighted by Crippen LogP contribution is 2.33. The fraction of sp³-hybridized carbons (Fsp3) is 0.462. The Kier molecular flexibility index (Phi) is 4.82. The Bertz CT molecular complexity index is 413. The maximum Gasteiger partial charge on any atom is 0.341 e. The summed E-state index contributed by atoms with van der Waals surface area (Å²) in [5, 5.41) is 0.512. The minimum atomic E-state index is -0.433. The third-order valence-corrected chi connectivity index (χ3v) is 2.62. The van der Waals surface area contributed by atoms with Gasteiger partial charge in [-0.15, -0.1) is 0 Å². The van der Waals surface area contributed by atoms with Crippen molar-refractivity contribution in [3.8, 4) is 5.75 Å². The zero-order chi connectivity index (χ0) is 13.0. The minimum Gasteiger partial charge on any atom is -0.493 e. The molecule has 0 heterocycles. The second-order valence-corrected chi connectivity index (χ2v) is 4.39. The largest absolute Gasteiger partial charge is 0.493 e. The van der Waals surface area contributed by atoms with Crippen molar-refractivity contribution in [3.05, 3.63) is 28.3 Å². The third kappa shape index (κ3) is 3.13. The molecule has 0 radical (unpaired) electrons. The summed E-state index contributed by atoms with van der Waals surface area (Å²) in [4.78, 5) is 11.7. The van der Waals surface area contributed by atoms with E-state index in [-0.39, 0.29) is 5.92 Å². The van der Waals surface area contributed by atoms with E-state index in [1.54, 1.807) is 6.07 Å². The summed E-state index contributed by atoms with van der Waals surface area (Å²) in [5.74, 6) is 0.357. The first-order chi connectivity index (χ1) is 8.01. The van der Waals surface area contributed by atoms with Gasteiger partial charge in [-0.25, -0.2) is 4.79 Å². The van der Waals surface area contributed by atoms with E-state index in [0.717, 1.165) is 5.56 Å². The smallest absolute Gasteiger partial charge is 0.341 e. The number of carbonyl (C=O) groups excluding carboxylic acids is 1. The summed E-state index contributed by atoms with van der Waals surface area (Å²) in [5.41, 5.74) is 1.30. The molecule has 0 saturated heterocycles. The second-order valence-electron chi connectivity index (χ2n) is 3.95. The molecule has 0 spiro atoms.